The molecule has 0 aliphatic carbocycles. The first kappa shape index (κ1) is 16.1. The van der Waals surface area contributed by atoms with E-state index in [1.54, 1.807) is 11.3 Å². The van der Waals surface area contributed by atoms with Gasteiger partial charge in [0.1, 0.15) is 6.61 Å². The van der Waals surface area contributed by atoms with Gasteiger partial charge in [-0.25, -0.2) is 4.79 Å². The second-order valence-electron chi connectivity index (χ2n) is 5.21. The molecule has 1 aromatic heterocycles. The minimum atomic E-state index is -0.416. The zero-order chi connectivity index (χ0) is 16.6. The average Bonchev–Trinajstić information content (AvgIpc) is 3.08. The van der Waals surface area contributed by atoms with E-state index in [1.165, 1.54) is 10.1 Å². The first-order valence-electron chi connectivity index (χ1n) is 7.72. The fourth-order valence-electron chi connectivity index (χ4n) is 2.20. The van der Waals surface area contributed by atoms with E-state index in [1.807, 2.05) is 36.4 Å². The van der Waals surface area contributed by atoms with Gasteiger partial charge in [0.25, 0.3) is 0 Å². The van der Waals surface area contributed by atoms with Gasteiger partial charge in [0.05, 0.1) is 0 Å². The van der Waals surface area contributed by atoms with Crippen molar-refractivity contribution in [3.8, 4) is 11.8 Å². The molecule has 1 amide bonds. The van der Waals surface area contributed by atoms with Crippen molar-refractivity contribution < 1.29 is 9.53 Å². The van der Waals surface area contributed by atoms with Crippen molar-refractivity contribution in [2.24, 2.45) is 0 Å². The Morgan fingerprint density at radius 3 is 2.88 bits per heavy atom. The molecule has 3 nitrogen and oxygen atoms in total. The summed E-state index contributed by atoms with van der Waals surface area (Å²) < 4.78 is 6.38. The van der Waals surface area contributed by atoms with Crippen molar-refractivity contribution in [2.45, 2.75) is 13.0 Å². The molecule has 0 aliphatic rings. The average molecular weight is 335 g/mol. The molecule has 0 bridgehead atoms. The Bertz CT molecular complexity index is 875. The summed E-state index contributed by atoms with van der Waals surface area (Å²) in [5, 5.41) is 6.02. The van der Waals surface area contributed by atoms with Gasteiger partial charge in [-0.2, -0.15) is 0 Å². The molecular weight excluding hydrogens is 318 g/mol. The number of rotatable bonds is 4. The number of carbonyl (C=O) groups excluding carboxylic acids is 1. The number of thiophene rings is 1. The number of hydrogen-bond donors (Lipinski definition) is 1. The van der Waals surface area contributed by atoms with Gasteiger partial charge in [0, 0.05) is 23.2 Å². The number of fused-ring (bicyclic) bond motifs is 1. The maximum Gasteiger partial charge on any atom is 0.407 e. The molecule has 1 N–H and O–H groups in total. The third kappa shape index (κ3) is 4.61. The third-order valence-corrected chi connectivity index (χ3v) is 4.30. The van der Waals surface area contributed by atoms with Gasteiger partial charge in [0.15, 0.2) is 0 Å². The van der Waals surface area contributed by atoms with Gasteiger partial charge >= 0.3 is 6.09 Å². The third-order valence-electron chi connectivity index (χ3n) is 3.42. The molecule has 2 aromatic carbocycles. The van der Waals surface area contributed by atoms with Gasteiger partial charge in [-0.15, -0.1) is 11.3 Å². The maximum atomic E-state index is 11.6. The summed E-state index contributed by atoms with van der Waals surface area (Å²) in [7, 11) is 0. The summed E-state index contributed by atoms with van der Waals surface area (Å²) >= 11 is 1.71. The fourth-order valence-corrected chi connectivity index (χ4v) is 3.03. The first-order valence-corrected chi connectivity index (χ1v) is 8.60. The monoisotopic (exact) mass is 335 g/mol. The van der Waals surface area contributed by atoms with Crippen LogP contribution in [0.25, 0.3) is 10.1 Å². The summed E-state index contributed by atoms with van der Waals surface area (Å²) in [6.07, 6.45) is 0.170. The van der Waals surface area contributed by atoms with Crippen LogP contribution in [0.4, 0.5) is 4.79 Å². The fraction of sp³-hybridized carbons (Fsp3) is 0.150. The van der Waals surface area contributed by atoms with Crippen molar-refractivity contribution in [2.75, 3.05) is 6.54 Å². The van der Waals surface area contributed by atoms with E-state index in [2.05, 4.69) is 40.7 Å². The van der Waals surface area contributed by atoms with Crippen LogP contribution in [-0.2, 0) is 11.3 Å². The first-order chi connectivity index (χ1) is 11.8. The lowest BCUT2D eigenvalue weighted by Gasteiger charge is -2.05. The molecule has 0 saturated heterocycles. The Balaban J connectivity index is 1.39. The molecule has 0 unspecified atom stereocenters. The second kappa shape index (κ2) is 8.19. The minimum absolute atomic E-state index is 0.277. The van der Waals surface area contributed by atoms with Crippen LogP contribution in [0.3, 0.4) is 0 Å². The lowest BCUT2D eigenvalue weighted by Crippen LogP contribution is -2.24. The molecule has 4 heteroatoms. The normalized spacial score (nSPS) is 10.0. The number of alkyl carbamates (subject to hydrolysis) is 1. The van der Waals surface area contributed by atoms with Gasteiger partial charge in [0.2, 0.25) is 0 Å². The Labute approximate surface area is 145 Å². The molecule has 24 heavy (non-hydrogen) atoms. The van der Waals surface area contributed by atoms with Crippen LogP contribution in [0.5, 0.6) is 0 Å². The second-order valence-corrected chi connectivity index (χ2v) is 6.16. The zero-order valence-corrected chi connectivity index (χ0v) is 13.9. The van der Waals surface area contributed by atoms with Crippen LogP contribution in [0.15, 0.2) is 60.0 Å². The van der Waals surface area contributed by atoms with Crippen LogP contribution in [0.1, 0.15) is 17.5 Å². The van der Waals surface area contributed by atoms with Gasteiger partial charge < -0.3 is 10.1 Å². The lowest BCUT2D eigenvalue weighted by molar-refractivity contribution is 0.140. The predicted molar refractivity (Wildman–Crippen MR) is 97.9 cm³/mol. The van der Waals surface area contributed by atoms with Crippen molar-refractivity contribution >= 4 is 27.5 Å². The highest BCUT2D eigenvalue weighted by Gasteiger charge is 2.00. The highest BCUT2D eigenvalue weighted by molar-refractivity contribution is 7.17. The van der Waals surface area contributed by atoms with E-state index in [4.69, 9.17) is 4.74 Å². The van der Waals surface area contributed by atoms with E-state index in [0.717, 1.165) is 11.1 Å². The van der Waals surface area contributed by atoms with Gasteiger partial charge in [-0.05, 0) is 34.5 Å². The summed E-state index contributed by atoms with van der Waals surface area (Å²) in [4.78, 5) is 11.6. The molecule has 0 saturated carbocycles. The number of ether oxygens (including phenoxy) is 1. The van der Waals surface area contributed by atoms with Crippen molar-refractivity contribution in [3.05, 3.63) is 71.1 Å². The topological polar surface area (TPSA) is 38.3 Å². The van der Waals surface area contributed by atoms with Crippen LogP contribution >= 0.6 is 11.3 Å². The Kier molecular flexibility index (Phi) is 5.49. The quantitative estimate of drug-likeness (QED) is 0.560. The molecule has 3 aromatic rings. The number of benzene rings is 2. The van der Waals surface area contributed by atoms with Crippen molar-refractivity contribution in [3.63, 3.8) is 0 Å². The summed E-state index contributed by atoms with van der Waals surface area (Å²) in [5.41, 5.74) is 1.97. The molecule has 0 fully saturated rings. The number of carbonyl (C=O) groups is 1. The number of hydrogen-bond acceptors (Lipinski definition) is 3. The number of amides is 1. The molecule has 0 atom stereocenters. The van der Waals surface area contributed by atoms with Crippen LogP contribution in [0, 0.1) is 11.8 Å². The van der Waals surface area contributed by atoms with Crippen molar-refractivity contribution in [1.29, 1.82) is 0 Å². The molecular formula is C20H17NO2S. The van der Waals surface area contributed by atoms with Crippen LogP contribution in [0.2, 0.25) is 0 Å². The van der Waals surface area contributed by atoms with Gasteiger partial charge in [-0.1, -0.05) is 48.2 Å². The van der Waals surface area contributed by atoms with E-state index in [0.29, 0.717) is 13.0 Å². The minimum Gasteiger partial charge on any atom is -0.445 e. The Morgan fingerprint density at radius 1 is 1.12 bits per heavy atom. The Hall–Kier alpha value is -2.77. The van der Waals surface area contributed by atoms with Gasteiger partial charge in [-0.3, -0.25) is 0 Å². The van der Waals surface area contributed by atoms with E-state index >= 15 is 0 Å². The van der Waals surface area contributed by atoms with Crippen LogP contribution in [-0.4, -0.2) is 12.6 Å². The van der Waals surface area contributed by atoms with E-state index in [9.17, 15) is 4.79 Å². The predicted octanol–water partition coefficient (Wildman–Crippen LogP) is 4.57. The number of nitrogens with one attached hydrogen (secondary N) is 1. The molecule has 3 rings (SSSR count). The molecule has 0 radical (unpaired) electrons. The van der Waals surface area contributed by atoms with Crippen LogP contribution < -0.4 is 5.32 Å². The summed E-state index contributed by atoms with van der Waals surface area (Å²) in [6.45, 7) is 0.751. The summed E-state index contributed by atoms with van der Waals surface area (Å²) in [6, 6.07) is 17.9. The largest absolute Gasteiger partial charge is 0.445 e. The lowest BCUT2D eigenvalue weighted by atomic mass is 10.2. The zero-order valence-electron chi connectivity index (χ0n) is 13.1. The highest BCUT2D eigenvalue weighted by atomic mass is 32.1. The molecule has 120 valence electrons. The molecule has 1 heterocycles. The summed E-state index contributed by atoms with van der Waals surface area (Å²) in [5.74, 6) is 6.19. The standard InChI is InChI=1S/C20H17NO2S/c22-20(23-15-17-7-2-1-3-8-17)21-12-5-4-6-16-9-10-18-11-13-24-19(18)14-16/h1-3,7-11,13-14H,5,12,15H2,(H,21,22). The van der Waals surface area contributed by atoms with E-state index in [-0.39, 0.29) is 6.61 Å². The van der Waals surface area contributed by atoms with E-state index < -0.39 is 6.09 Å². The SMILES string of the molecule is O=C(NCCC#Cc1ccc2ccsc2c1)OCc1ccccc1. The Morgan fingerprint density at radius 2 is 2.00 bits per heavy atom. The highest BCUT2D eigenvalue weighted by Crippen LogP contribution is 2.21. The molecule has 0 spiro atoms. The smallest absolute Gasteiger partial charge is 0.407 e. The van der Waals surface area contributed by atoms with Crippen molar-refractivity contribution in [1.82, 2.24) is 5.32 Å². The molecule has 0 aliphatic heterocycles. The maximum absolute atomic E-state index is 11.6.